The van der Waals surface area contributed by atoms with Gasteiger partial charge in [-0.05, 0) is 49.3 Å². The van der Waals surface area contributed by atoms with Crippen LogP contribution in [0.5, 0.6) is 0 Å². The van der Waals surface area contributed by atoms with E-state index in [1.165, 1.54) is 26.4 Å². The molecule has 0 spiro atoms. The minimum Gasteiger partial charge on any atom is -0.392 e. The maximum atomic E-state index is 4.46. The molecule has 0 heterocycles. The topological polar surface area (TPSA) is 21.6 Å². The van der Waals surface area contributed by atoms with Crippen molar-refractivity contribution in [1.82, 2.24) is 0 Å². The van der Waals surface area contributed by atoms with Gasteiger partial charge >= 0.3 is 0 Å². The fraction of sp³-hybridized carbons (Fsp3) is 0.667. The molecule has 61 valence electrons. The fourth-order valence-electron chi connectivity index (χ4n) is 0.969. The van der Waals surface area contributed by atoms with Crippen LogP contribution in [0, 0.1) is 12.3 Å². The monoisotopic (exact) mass is 152 g/mol. The van der Waals surface area contributed by atoms with Crippen LogP contribution in [0.3, 0.4) is 0 Å². The third-order valence-corrected chi connectivity index (χ3v) is 1.73. The molecule has 0 aromatic rings. The molecule has 0 amide bonds. The Morgan fingerprint density at radius 1 is 1.82 bits per heavy atom. The number of allylic oxidation sites excluding steroid dienone is 1. The average Bonchev–Trinajstić information content (AvgIpc) is 2.80. The smallest absolute Gasteiger partial charge is 0.107 e. The van der Waals surface area contributed by atoms with E-state index in [0.717, 1.165) is 12.3 Å². The molecule has 1 unspecified atom stereocenters. The maximum Gasteiger partial charge on any atom is 0.107 e. The molecule has 1 saturated carbocycles. The zero-order valence-corrected chi connectivity index (χ0v) is 6.92. The molecule has 1 atom stereocenters. The van der Waals surface area contributed by atoms with Crippen LogP contribution in [0.25, 0.3) is 0 Å². The first kappa shape index (κ1) is 8.35. The van der Waals surface area contributed by atoms with E-state index >= 15 is 0 Å². The van der Waals surface area contributed by atoms with E-state index in [-0.39, 0.29) is 0 Å². The summed E-state index contributed by atoms with van der Waals surface area (Å²) in [7, 11) is 1.53. The van der Waals surface area contributed by atoms with Gasteiger partial charge in [0, 0.05) is 5.87 Å². The van der Waals surface area contributed by atoms with Crippen molar-refractivity contribution in [3.63, 3.8) is 0 Å². The molecule has 11 heavy (non-hydrogen) atoms. The molecule has 1 aliphatic rings. The molecule has 1 radical (unpaired) electrons. The summed E-state index contributed by atoms with van der Waals surface area (Å²) in [6.07, 6.45) is 9.24. The quantitative estimate of drug-likeness (QED) is 0.336. The van der Waals surface area contributed by atoms with Gasteiger partial charge < -0.3 is 4.84 Å². The molecular weight excluding hydrogens is 138 g/mol. The molecule has 2 heteroatoms. The van der Waals surface area contributed by atoms with Crippen LogP contribution in [0.1, 0.15) is 25.7 Å². The highest BCUT2D eigenvalue weighted by Gasteiger charge is 2.20. The first-order valence-electron chi connectivity index (χ1n) is 4.07. The first-order valence-corrected chi connectivity index (χ1v) is 4.07. The van der Waals surface area contributed by atoms with E-state index in [4.69, 9.17) is 0 Å². The van der Waals surface area contributed by atoms with E-state index in [2.05, 4.69) is 22.3 Å². The third-order valence-electron chi connectivity index (χ3n) is 1.73. The summed E-state index contributed by atoms with van der Waals surface area (Å²) in [6.45, 7) is 0. The van der Waals surface area contributed by atoms with E-state index < -0.39 is 0 Å². The van der Waals surface area contributed by atoms with Crippen molar-refractivity contribution in [2.45, 2.75) is 25.7 Å². The van der Waals surface area contributed by atoms with Gasteiger partial charge in [0.2, 0.25) is 0 Å². The highest BCUT2D eigenvalue weighted by molar-refractivity contribution is 5.50. The van der Waals surface area contributed by atoms with Crippen molar-refractivity contribution in [3.8, 4) is 0 Å². The predicted molar refractivity (Wildman–Crippen MR) is 45.3 cm³/mol. The molecule has 0 saturated heterocycles. The van der Waals surface area contributed by atoms with E-state index in [9.17, 15) is 0 Å². The third kappa shape index (κ3) is 4.63. The van der Waals surface area contributed by atoms with Crippen molar-refractivity contribution in [3.05, 3.63) is 12.5 Å². The Morgan fingerprint density at radius 2 is 2.64 bits per heavy atom. The van der Waals surface area contributed by atoms with Crippen molar-refractivity contribution < 1.29 is 4.84 Å². The van der Waals surface area contributed by atoms with Crippen molar-refractivity contribution in [2.24, 2.45) is 11.1 Å². The Morgan fingerprint density at radius 3 is 3.27 bits per heavy atom. The summed E-state index contributed by atoms with van der Waals surface area (Å²) in [6, 6.07) is 0. The highest BCUT2D eigenvalue weighted by Crippen LogP contribution is 2.32. The zero-order valence-electron chi connectivity index (χ0n) is 6.92. The molecular formula is C9H14NO. The molecule has 0 aromatic carbocycles. The van der Waals surface area contributed by atoms with Gasteiger partial charge in [0.1, 0.15) is 7.11 Å². The van der Waals surface area contributed by atoms with Crippen LogP contribution >= 0.6 is 0 Å². The van der Waals surface area contributed by atoms with Gasteiger partial charge in [-0.15, -0.1) is 0 Å². The van der Waals surface area contributed by atoms with Gasteiger partial charge in [0.15, 0.2) is 0 Å². The minimum absolute atomic E-state index is 0.919. The van der Waals surface area contributed by atoms with Gasteiger partial charge in [0.05, 0.1) is 0 Å². The van der Waals surface area contributed by atoms with Crippen LogP contribution in [-0.2, 0) is 4.84 Å². The maximum absolute atomic E-state index is 4.46. The lowest BCUT2D eigenvalue weighted by atomic mass is 10.2. The summed E-state index contributed by atoms with van der Waals surface area (Å²) in [5.74, 6) is 3.62. The Bertz CT molecular complexity index is 155. The lowest BCUT2D eigenvalue weighted by Gasteiger charge is -1.90. The molecule has 0 bridgehead atoms. The number of nitrogens with zero attached hydrogens (tertiary/aromatic N) is 1. The molecule has 0 N–H and O–H groups in total. The molecule has 1 fully saturated rings. The van der Waals surface area contributed by atoms with Crippen molar-refractivity contribution >= 4 is 5.87 Å². The van der Waals surface area contributed by atoms with Crippen LogP contribution in [0.2, 0.25) is 0 Å². The predicted octanol–water partition coefficient (Wildman–Crippen LogP) is 2.17. The Kier molecular flexibility index (Phi) is 3.77. The Hall–Kier alpha value is -0.750. The van der Waals surface area contributed by atoms with Gasteiger partial charge in [-0.1, -0.05) is 0 Å². The zero-order chi connectivity index (χ0) is 7.94. The van der Waals surface area contributed by atoms with Crippen molar-refractivity contribution in [1.29, 1.82) is 0 Å². The summed E-state index contributed by atoms with van der Waals surface area (Å²) >= 11 is 0. The summed E-state index contributed by atoms with van der Waals surface area (Å²) in [4.78, 5) is 4.46. The van der Waals surface area contributed by atoms with Crippen LogP contribution in [0.4, 0.5) is 0 Å². The normalized spacial score (nSPS) is 15.4. The number of rotatable bonds is 5. The van der Waals surface area contributed by atoms with E-state index in [1.54, 1.807) is 0 Å². The standard InChI is InChI=1S/C9H14NO/c1-11-10-8-4-2-3-5-9-6-7-9/h4,6,9H,2-3,5,7H2,1H3. The van der Waals surface area contributed by atoms with Gasteiger partial charge in [-0.2, -0.15) is 0 Å². The average molecular weight is 152 g/mol. The van der Waals surface area contributed by atoms with Gasteiger partial charge in [0.25, 0.3) is 0 Å². The van der Waals surface area contributed by atoms with E-state index in [0.29, 0.717) is 0 Å². The molecule has 1 rings (SSSR count). The SMILES string of the molecule is CON=C=CCCCC1[CH]C1. The highest BCUT2D eigenvalue weighted by atomic mass is 16.6. The Balaban J connectivity index is 1.89. The van der Waals surface area contributed by atoms with Crippen LogP contribution < -0.4 is 0 Å². The van der Waals surface area contributed by atoms with Gasteiger partial charge in [-0.3, -0.25) is 0 Å². The van der Waals surface area contributed by atoms with Crippen LogP contribution in [0.15, 0.2) is 11.2 Å². The number of unbranched alkanes of at least 4 members (excludes halogenated alkanes) is 1. The second-order valence-corrected chi connectivity index (χ2v) is 2.77. The minimum atomic E-state index is 0.919. The second kappa shape index (κ2) is 4.97. The lowest BCUT2D eigenvalue weighted by molar-refractivity contribution is 0.216. The largest absolute Gasteiger partial charge is 0.392 e. The molecule has 0 aromatic heterocycles. The summed E-state index contributed by atoms with van der Waals surface area (Å²) in [5, 5.41) is 3.49. The molecule has 2 nitrogen and oxygen atoms in total. The second-order valence-electron chi connectivity index (χ2n) is 2.77. The Labute approximate surface area is 67.9 Å². The molecule has 1 aliphatic carbocycles. The number of hydrogen-bond donors (Lipinski definition) is 0. The summed E-state index contributed by atoms with van der Waals surface area (Å²) in [5.41, 5.74) is 0. The van der Waals surface area contributed by atoms with Gasteiger partial charge in [-0.25, -0.2) is 0 Å². The summed E-state index contributed by atoms with van der Waals surface area (Å²) < 4.78 is 0. The lowest BCUT2D eigenvalue weighted by Crippen LogP contribution is -1.75. The molecule has 0 aliphatic heterocycles. The van der Waals surface area contributed by atoms with Crippen LogP contribution in [-0.4, -0.2) is 13.0 Å². The van der Waals surface area contributed by atoms with Crippen molar-refractivity contribution in [2.75, 3.05) is 7.11 Å². The van der Waals surface area contributed by atoms with E-state index in [1.807, 2.05) is 6.08 Å². The number of hydrogen-bond acceptors (Lipinski definition) is 2. The first-order chi connectivity index (χ1) is 5.43. The fourth-order valence-corrected chi connectivity index (χ4v) is 0.969.